The third kappa shape index (κ3) is 4.69. The number of nitrogens with zero attached hydrogens (tertiary/aromatic N) is 5. The molecule has 266 valence electrons. The lowest BCUT2D eigenvalue weighted by Gasteiger charge is -2.18. The van der Waals surface area contributed by atoms with E-state index >= 15 is 0 Å². The Labute approximate surface area is 328 Å². The van der Waals surface area contributed by atoms with Crippen LogP contribution in [0.1, 0.15) is 0 Å². The molecule has 0 fully saturated rings. The van der Waals surface area contributed by atoms with Gasteiger partial charge in [0.1, 0.15) is 5.65 Å². The Bertz CT molecular complexity index is 3400. The Morgan fingerprint density at radius 1 is 0.316 bits per heavy atom. The van der Waals surface area contributed by atoms with E-state index in [4.69, 9.17) is 9.97 Å². The number of fused-ring (bicyclic) bond motifs is 9. The molecule has 0 aliphatic carbocycles. The van der Waals surface area contributed by atoms with E-state index in [0.717, 1.165) is 77.9 Å². The Kier molecular flexibility index (Phi) is 6.86. The molecule has 12 rings (SSSR count). The molecule has 5 heteroatoms. The molecule has 12 aromatic rings. The maximum Gasteiger partial charge on any atom is 0.162 e. The van der Waals surface area contributed by atoms with Crippen molar-refractivity contribution < 1.29 is 0 Å². The molecule has 0 aliphatic heterocycles. The molecule has 4 heterocycles. The van der Waals surface area contributed by atoms with E-state index in [-0.39, 0.29) is 0 Å². The van der Waals surface area contributed by atoms with Crippen molar-refractivity contribution in [2.24, 2.45) is 0 Å². The van der Waals surface area contributed by atoms with Gasteiger partial charge >= 0.3 is 0 Å². The molecule has 0 atom stereocenters. The van der Waals surface area contributed by atoms with E-state index in [1.165, 1.54) is 21.5 Å². The third-order valence-corrected chi connectivity index (χ3v) is 11.4. The van der Waals surface area contributed by atoms with Gasteiger partial charge in [-0.05, 0) is 48.5 Å². The van der Waals surface area contributed by atoms with E-state index < -0.39 is 0 Å². The van der Waals surface area contributed by atoms with Gasteiger partial charge < -0.3 is 9.13 Å². The fourth-order valence-corrected chi connectivity index (χ4v) is 9.01. The van der Waals surface area contributed by atoms with Gasteiger partial charge in [0, 0.05) is 43.7 Å². The summed E-state index contributed by atoms with van der Waals surface area (Å²) < 4.78 is 7.24. The van der Waals surface area contributed by atoms with Crippen LogP contribution in [-0.4, -0.2) is 23.7 Å². The van der Waals surface area contributed by atoms with Gasteiger partial charge in [0.2, 0.25) is 0 Å². The predicted molar refractivity (Wildman–Crippen MR) is 236 cm³/mol. The van der Waals surface area contributed by atoms with Crippen LogP contribution in [0.4, 0.5) is 0 Å². The van der Waals surface area contributed by atoms with Crippen molar-refractivity contribution in [3.63, 3.8) is 0 Å². The molecular weight excluding hydrogens is 695 g/mol. The van der Waals surface area contributed by atoms with Crippen molar-refractivity contribution in [3.05, 3.63) is 200 Å². The van der Waals surface area contributed by atoms with Crippen molar-refractivity contribution in [1.29, 1.82) is 0 Å². The first-order valence-electron chi connectivity index (χ1n) is 19.4. The van der Waals surface area contributed by atoms with Crippen LogP contribution in [0, 0.1) is 0 Å². The summed E-state index contributed by atoms with van der Waals surface area (Å²) in [5.41, 5.74) is 12.6. The molecule has 4 aromatic heterocycles. The summed E-state index contributed by atoms with van der Waals surface area (Å²) in [4.78, 5) is 10.9. The van der Waals surface area contributed by atoms with Crippen LogP contribution in [0.2, 0.25) is 0 Å². The van der Waals surface area contributed by atoms with Crippen LogP contribution in [0.25, 0.3) is 105 Å². The normalized spacial score (nSPS) is 11.9. The molecular formula is C52H33N5. The fourth-order valence-electron chi connectivity index (χ4n) is 9.01. The summed E-state index contributed by atoms with van der Waals surface area (Å²) in [6.45, 7) is 0. The van der Waals surface area contributed by atoms with Crippen molar-refractivity contribution >= 4 is 65.5 Å². The minimum absolute atomic E-state index is 0.687. The molecule has 8 aromatic carbocycles. The summed E-state index contributed by atoms with van der Waals surface area (Å²) in [5, 5.41) is 6.96. The number of aromatic nitrogens is 5. The molecule has 0 radical (unpaired) electrons. The monoisotopic (exact) mass is 727 g/mol. The molecule has 0 aliphatic rings. The fraction of sp³-hybridized carbons (Fsp3) is 0. The second kappa shape index (κ2) is 12.4. The molecule has 57 heavy (non-hydrogen) atoms. The maximum absolute atomic E-state index is 5.47. The highest BCUT2D eigenvalue weighted by atomic mass is 15.1. The second-order valence-corrected chi connectivity index (χ2v) is 14.6. The van der Waals surface area contributed by atoms with Crippen LogP contribution < -0.4 is 0 Å². The first-order valence-corrected chi connectivity index (χ1v) is 19.4. The van der Waals surface area contributed by atoms with E-state index in [1.54, 1.807) is 0 Å². The zero-order chi connectivity index (χ0) is 37.5. The summed E-state index contributed by atoms with van der Waals surface area (Å²) in [7, 11) is 0. The lowest BCUT2D eigenvalue weighted by Crippen LogP contribution is -2.04. The molecule has 0 saturated heterocycles. The SMILES string of the molecule is c1ccc(-c2nc(-c3ccccc3)c3c4cc(-n5c6ccccc6c6ccccc65)c(-n5c6ccccc6c6ccccc65)cc4n(-c4ccccc4)c3n2)cc1. The quantitative estimate of drug-likeness (QED) is 0.177. The van der Waals surface area contributed by atoms with Gasteiger partial charge in [-0.25, -0.2) is 9.97 Å². The van der Waals surface area contributed by atoms with Gasteiger partial charge in [0.15, 0.2) is 5.82 Å². The van der Waals surface area contributed by atoms with Gasteiger partial charge in [-0.15, -0.1) is 0 Å². The Hall–Kier alpha value is -7.76. The van der Waals surface area contributed by atoms with Crippen LogP contribution in [0.3, 0.4) is 0 Å². The molecule has 0 saturated carbocycles. The first kappa shape index (κ1) is 31.6. The van der Waals surface area contributed by atoms with Crippen molar-refractivity contribution in [2.45, 2.75) is 0 Å². The summed E-state index contributed by atoms with van der Waals surface area (Å²) in [6, 6.07) is 71.3. The molecule has 0 N–H and O–H groups in total. The lowest BCUT2D eigenvalue weighted by molar-refractivity contribution is 1.09. The average molecular weight is 728 g/mol. The van der Waals surface area contributed by atoms with E-state index in [9.17, 15) is 0 Å². The maximum atomic E-state index is 5.47. The predicted octanol–water partition coefficient (Wildman–Crippen LogP) is 13.1. The highest BCUT2D eigenvalue weighted by Gasteiger charge is 2.26. The second-order valence-electron chi connectivity index (χ2n) is 14.6. The molecule has 0 spiro atoms. The molecule has 0 unspecified atom stereocenters. The molecule has 0 bridgehead atoms. The van der Waals surface area contributed by atoms with Gasteiger partial charge in [-0.1, -0.05) is 152 Å². The lowest BCUT2D eigenvalue weighted by atomic mass is 10.0. The van der Waals surface area contributed by atoms with Gasteiger partial charge in [0.05, 0.1) is 50.0 Å². The van der Waals surface area contributed by atoms with Crippen molar-refractivity contribution in [2.75, 3.05) is 0 Å². The third-order valence-electron chi connectivity index (χ3n) is 11.4. The first-order chi connectivity index (χ1) is 28.3. The molecule has 5 nitrogen and oxygen atoms in total. The van der Waals surface area contributed by atoms with Crippen LogP contribution >= 0.6 is 0 Å². The van der Waals surface area contributed by atoms with Crippen LogP contribution in [0.5, 0.6) is 0 Å². The van der Waals surface area contributed by atoms with Gasteiger partial charge in [-0.3, -0.25) is 4.57 Å². The Morgan fingerprint density at radius 3 is 1.25 bits per heavy atom. The van der Waals surface area contributed by atoms with Crippen LogP contribution in [0.15, 0.2) is 200 Å². The summed E-state index contributed by atoms with van der Waals surface area (Å²) in [5.74, 6) is 0.687. The summed E-state index contributed by atoms with van der Waals surface area (Å²) >= 11 is 0. The minimum atomic E-state index is 0.687. The van der Waals surface area contributed by atoms with E-state index in [0.29, 0.717) is 5.82 Å². The standard InChI is InChI=1S/C52H33N5/c1-4-18-34(19-5-1)50-49-41-32-47(56-42-28-14-10-24-37(42)38-25-11-15-29-43(38)56)48(57-44-30-16-12-26-39(44)40-27-13-17-31-45(40)57)33-46(41)55(36-22-8-3-9-23-36)52(49)54-51(53-50)35-20-6-2-7-21-35/h1-33H. The van der Waals surface area contributed by atoms with E-state index in [2.05, 4.69) is 196 Å². The Balaban J connectivity index is 1.33. The van der Waals surface area contributed by atoms with Gasteiger partial charge in [-0.2, -0.15) is 0 Å². The highest BCUT2D eigenvalue weighted by Crippen LogP contribution is 2.44. The number of rotatable bonds is 5. The number of benzene rings is 8. The van der Waals surface area contributed by atoms with Gasteiger partial charge in [0.25, 0.3) is 0 Å². The number of hydrogen-bond donors (Lipinski definition) is 0. The number of hydrogen-bond acceptors (Lipinski definition) is 2. The topological polar surface area (TPSA) is 40.6 Å². The zero-order valence-electron chi connectivity index (χ0n) is 30.8. The number of para-hydroxylation sites is 5. The zero-order valence-corrected chi connectivity index (χ0v) is 30.8. The highest BCUT2D eigenvalue weighted by molar-refractivity contribution is 6.17. The molecule has 0 amide bonds. The summed E-state index contributed by atoms with van der Waals surface area (Å²) in [6.07, 6.45) is 0. The average Bonchev–Trinajstić information content (AvgIpc) is 3.92. The van der Waals surface area contributed by atoms with Crippen molar-refractivity contribution in [3.8, 4) is 39.7 Å². The Morgan fingerprint density at radius 2 is 0.737 bits per heavy atom. The van der Waals surface area contributed by atoms with Crippen molar-refractivity contribution in [1.82, 2.24) is 23.7 Å². The largest absolute Gasteiger partial charge is 0.307 e. The minimum Gasteiger partial charge on any atom is -0.307 e. The van der Waals surface area contributed by atoms with Crippen LogP contribution in [-0.2, 0) is 0 Å². The smallest absolute Gasteiger partial charge is 0.162 e. The van der Waals surface area contributed by atoms with E-state index in [1.807, 2.05) is 18.2 Å².